The monoisotopic (exact) mass is 409 g/mol. The number of benzene rings is 2. The van der Waals surface area contributed by atoms with E-state index in [-0.39, 0.29) is 21.3 Å². The summed E-state index contributed by atoms with van der Waals surface area (Å²) in [5, 5.41) is 0.0286. The summed E-state index contributed by atoms with van der Waals surface area (Å²) in [7, 11) is -2.49. The largest absolute Gasteiger partial charge is 0.451 e. The Hall–Kier alpha value is -2.22. The van der Waals surface area contributed by atoms with Crippen molar-refractivity contribution in [3.8, 4) is 0 Å². The lowest BCUT2D eigenvalue weighted by atomic mass is 10.0. The second kappa shape index (κ2) is 8.21. The Balaban J connectivity index is 2.24. The summed E-state index contributed by atoms with van der Waals surface area (Å²) < 4.78 is 31.2. The summed E-state index contributed by atoms with van der Waals surface area (Å²) >= 11 is 6.00. The van der Waals surface area contributed by atoms with Gasteiger partial charge in [-0.05, 0) is 63.2 Å². The molecule has 2 aromatic rings. The predicted molar refractivity (Wildman–Crippen MR) is 103 cm³/mol. The number of ketones is 1. The quantitative estimate of drug-likeness (QED) is 0.584. The number of esters is 1. The number of Topliss-reactive ketones (excluding diaryl/α,β-unsaturated/α-hetero) is 1. The molecule has 0 amide bonds. The maximum atomic E-state index is 12.5. The highest BCUT2D eigenvalue weighted by Crippen LogP contribution is 2.22. The van der Waals surface area contributed by atoms with Crippen LogP contribution in [0.5, 0.6) is 0 Å². The predicted octanol–water partition coefficient (Wildman–Crippen LogP) is 3.29. The van der Waals surface area contributed by atoms with Gasteiger partial charge < -0.3 is 4.74 Å². The van der Waals surface area contributed by atoms with E-state index in [4.69, 9.17) is 16.3 Å². The van der Waals surface area contributed by atoms with E-state index in [2.05, 4.69) is 4.72 Å². The summed E-state index contributed by atoms with van der Waals surface area (Å²) in [6.45, 7) is 5.27. The summed E-state index contributed by atoms with van der Waals surface area (Å²) in [4.78, 5) is 24.8. The molecule has 0 fully saturated rings. The third kappa shape index (κ3) is 4.74. The van der Waals surface area contributed by atoms with E-state index in [1.165, 1.54) is 26.1 Å². The van der Waals surface area contributed by atoms with Crippen molar-refractivity contribution in [2.75, 3.05) is 7.05 Å². The van der Waals surface area contributed by atoms with Crippen LogP contribution in [0.3, 0.4) is 0 Å². The number of carbonyl (C=O) groups excluding carboxylic acids is 2. The zero-order valence-electron chi connectivity index (χ0n) is 15.4. The number of sulfonamides is 1. The van der Waals surface area contributed by atoms with Crippen LogP contribution in [0.4, 0.5) is 0 Å². The van der Waals surface area contributed by atoms with Crippen LogP contribution in [-0.2, 0) is 14.8 Å². The van der Waals surface area contributed by atoms with Crippen LogP contribution in [0.25, 0.3) is 0 Å². The minimum absolute atomic E-state index is 0.0286. The van der Waals surface area contributed by atoms with Crippen LogP contribution in [0.2, 0.25) is 5.02 Å². The first kappa shape index (κ1) is 21.1. The van der Waals surface area contributed by atoms with Crippen molar-refractivity contribution in [2.45, 2.75) is 31.8 Å². The van der Waals surface area contributed by atoms with Gasteiger partial charge >= 0.3 is 5.97 Å². The van der Waals surface area contributed by atoms with Gasteiger partial charge in [0.25, 0.3) is 0 Å². The molecular weight excluding hydrogens is 390 g/mol. The Morgan fingerprint density at radius 1 is 1.07 bits per heavy atom. The van der Waals surface area contributed by atoms with E-state index in [9.17, 15) is 18.0 Å². The third-order valence-corrected chi connectivity index (χ3v) is 5.92. The Morgan fingerprint density at radius 3 is 2.33 bits per heavy atom. The topological polar surface area (TPSA) is 89.5 Å². The van der Waals surface area contributed by atoms with Gasteiger partial charge in [0.1, 0.15) is 0 Å². The molecule has 0 aliphatic heterocycles. The van der Waals surface area contributed by atoms with Gasteiger partial charge in [0.2, 0.25) is 15.8 Å². The van der Waals surface area contributed by atoms with Crippen molar-refractivity contribution < 1.29 is 22.7 Å². The summed E-state index contributed by atoms with van der Waals surface area (Å²) in [6, 6.07) is 8.90. The highest BCUT2D eigenvalue weighted by atomic mass is 35.5. The van der Waals surface area contributed by atoms with Gasteiger partial charge in [-0.1, -0.05) is 23.7 Å². The van der Waals surface area contributed by atoms with E-state index < -0.39 is 22.1 Å². The van der Waals surface area contributed by atoms with Crippen LogP contribution in [0, 0.1) is 13.8 Å². The molecule has 0 aromatic heterocycles. The molecule has 0 saturated heterocycles. The SMILES string of the molecule is CNS(=O)(=O)c1ccc(Cl)c(C(=O)O[C@H](C)C(=O)c2ccc(C)c(C)c2)c1. The van der Waals surface area contributed by atoms with E-state index in [0.29, 0.717) is 5.56 Å². The molecule has 2 aromatic carbocycles. The van der Waals surface area contributed by atoms with Gasteiger partial charge in [0.05, 0.1) is 15.5 Å². The average molecular weight is 410 g/mol. The van der Waals surface area contributed by atoms with Crippen molar-refractivity contribution in [3.63, 3.8) is 0 Å². The molecule has 8 heteroatoms. The number of nitrogens with one attached hydrogen (secondary N) is 1. The minimum atomic E-state index is -3.75. The number of halogens is 1. The number of rotatable bonds is 6. The van der Waals surface area contributed by atoms with Crippen molar-refractivity contribution in [3.05, 3.63) is 63.7 Å². The fraction of sp³-hybridized carbons (Fsp3) is 0.263. The first-order valence-corrected chi connectivity index (χ1v) is 9.98. The number of aryl methyl sites for hydroxylation is 2. The third-order valence-electron chi connectivity index (χ3n) is 4.18. The molecule has 1 N–H and O–H groups in total. The first-order valence-electron chi connectivity index (χ1n) is 8.12. The standard InChI is InChI=1S/C19H20ClNO5S/c1-11-5-6-14(9-12(11)2)18(22)13(3)26-19(23)16-10-15(7-8-17(16)20)27(24,25)21-4/h5-10,13,21H,1-4H3/t13-/m1/s1. The lowest BCUT2D eigenvalue weighted by Gasteiger charge is -2.14. The smallest absolute Gasteiger partial charge is 0.340 e. The van der Waals surface area contributed by atoms with Crippen molar-refractivity contribution in [2.24, 2.45) is 0 Å². The molecule has 6 nitrogen and oxygen atoms in total. The molecule has 27 heavy (non-hydrogen) atoms. The molecule has 2 rings (SSSR count). The summed E-state index contributed by atoms with van der Waals surface area (Å²) in [6.07, 6.45) is -1.06. The number of hydrogen-bond donors (Lipinski definition) is 1. The number of ether oxygens (including phenoxy) is 1. The van der Waals surface area contributed by atoms with E-state index >= 15 is 0 Å². The van der Waals surface area contributed by atoms with Gasteiger partial charge in [-0.25, -0.2) is 17.9 Å². The maximum absolute atomic E-state index is 12.5. The maximum Gasteiger partial charge on any atom is 0.340 e. The van der Waals surface area contributed by atoms with Gasteiger partial charge in [0, 0.05) is 5.56 Å². The fourth-order valence-electron chi connectivity index (χ4n) is 2.35. The van der Waals surface area contributed by atoms with Crippen LogP contribution >= 0.6 is 11.6 Å². The van der Waals surface area contributed by atoms with Gasteiger partial charge in [-0.3, -0.25) is 4.79 Å². The minimum Gasteiger partial charge on any atom is -0.451 e. The highest BCUT2D eigenvalue weighted by molar-refractivity contribution is 7.89. The molecule has 1 atom stereocenters. The molecule has 0 radical (unpaired) electrons. The average Bonchev–Trinajstić information content (AvgIpc) is 2.63. The number of hydrogen-bond acceptors (Lipinski definition) is 5. The highest BCUT2D eigenvalue weighted by Gasteiger charge is 2.24. The lowest BCUT2D eigenvalue weighted by molar-refractivity contribution is 0.0318. The Bertz CT molecular complexity index is 1000. The summed E-state index contributed by atoms with van der Waals surface area (Å²) in [5.74, 6) is -1.24. The van der Waals surface area contributed by atoms with Crippen LogP contribution in [0.1, 0.15) is 38.8 Å². The van der Waals surface area contributed by atoms with E-state index in [1.54, 1.807) is 12.1 Å². The van der Waals surface area contributed by atoms with Crippen molar-refractivity contribution in [1.82, 2.24) is 4.72 Å². The molecular formula is C19H20ClNO5S. The van der Waals surface area contributed by atoms with Crippen molar-refractivity contribution in [1.29, 1.82) is 0 Å². The van der Waals surface area contributed by atoms with Crippen molar-refractivity contribution >= 4 is 33.4 Å². The molecule has 0 saturated carbocycles. The fourth-order valence-corrected chi connectivity index (χ4v) is 3.30. The molecule has 0 spiro atoms. The molecule has 0 aliphatic carbocycles. The zero-order chi connectivity index (χ0) is 20.4. The summed E-state index contributed by atoms with van der Waals surface area (Å²) in [5.41, 5.74) is 2.29. The molecule has 144 valence electrons. The Labute approximate surface area is 163 Å². The van der Waals surface area contributed by atoms with Gasteiger partial charge in [-0.15, -0.1) is 0 Å². The van der Waals surface area contributed by atoms with Crippen LogP contribution < -0.4 is 4.72 Å². The second-order valence-electron chi connectivity index (χ2n) is 6.06. The zero-order valence-corrected chi connectivity index (χ0v) is 16.9. The van der Waals surface area contributed by atoms with Gasteiger partial charge in [0.15, 0.2) is 6.10 Å². The second-order valence-corrected chi connectivity index (χ2v) is 8.35. The Morgan fingerprint density at radius 2 is 1.74 bits per heavy atom. The molecule has 0 unspecified atom stereocenters. The van der Waals surface area contributed by atoms with Crippen LogP contribution in [0.15, 0.2) is 41.3 Å². The van der Waals surface area contributed by atoms with Crippen LogP contribution in [-0.4, -0.2) is 33.3 Å². The number of carbonyl (C=O) groups is 2. The molecule has 0 aliphatic rings. The van der Waals surface area contributed by atoms with Gasteiger partial charge in [-0.2, -0.15) is 0 Å². The first-order chi connectivity index (χ1) is 12.6. The lowest BCUT2D eigenvalue weighted by Crippen LogP contribution is -2.25. The molecule has 0 heterocycles. The normalized spacial score (nSPS) is 12.5. The Kier molecular flexibility index (Phi) is 6.41. The van der Waals surface area contributed by atoms with E-state index in [0.717, 1.165) is 17.2 Å². The van der Waals surface area contributed by atoms with E-state index in [1.807, 2.05) is 19.9 Å². The molecule has 0 bridgehead atoms.